The Bertz CT molecular complexity index is 742. The van der Waals surface area contributed by atoms with E-state index in [4.69, 9.17) is 21.1 Å². The average Bonchev–Trinajstić information content (AvgIpc) is 2.59. The predicted molar refractivity (Wildman–Crippen MR) is 92.5 cm³/mol. The van der Waals surface area contributed by atoms with Crippen LogP contribution in [0.5, 0.6) is 11.5 Å². The Morgan fingerprint density at radius 2 is 2.21 bits per heavy atom. The van der Waals surface area contributed by atoms with Crippen molar-refractivity contribution < 1.29 is 14.3 Å². The van der Waals surface area contributed by atoms with Crippen LogP contribution in [0.2, 0.25) is 5.02 Å². The van der Waals surface area contributed by atoms with Crippen LogP contribution in [0, 0.1) is 11.8 Å². The third kappa shape index (κ3) is 5.71. The highest BCUT2D eigenvalue weighted by Crippen LogP contribution is 2.27. The van der Waals surface area contributed by atoms with Crippen molar-refractivity contribution in [2.24, 2.45) is 0 Å². The molecule has 7 heteroatoms. The van der Waals surface area contributed by atoms with Crippen LogP contribution < -0.4 is 20.1 Å². The van der Waals surface area contributed by atoms with Crippen molar-refractivity contribution >= 4 is 23.3 Å². The summed E-state index contributed by atoms with van der Waals surface area (Å²) in [4.78, 5) is 15.7. The van der Waals surface area contributed by atoms with Crippen molar-refractivity contribution in [2.75, 3.05) is 25.6 Å². The number of hydrogen-bond acceptors (Lipinski definition) is 4. The maximum atomic E-state index is 11.8. The van der Waals surface area contributed by atoms with Crippen LogP contribution in [0.4, 0.5) is 10.5 Å². The van der Waals surface area contributed by atoms with E-state index >= 15 is 0 Å². The molecule has 2 rings (SSSR count). The van der Waals surface area contributed by atoms with E-state index in [9.17, 15) is 4.79 Å². The lowest BCUT2D eigenvalue weighted by atomic mass is 10.3. The number of ether oxygens (including phenoxy) is 2. The van der Waals surface area contributed by atoms with Gasteiger partial charge in [0.15, 0.2) is 0 Å². The second kappa shape index (κ2) is 9.28. The van der Waals surface area contributed by atoms with Crippen LogP contribution in [0.1, 0.15) is 0 Å². The minimum Gasteiger partial charge on any atom is -0.495 e. The molecule has 1 aromatic carbocycles. The first kappa shape index (κ1) is 17.4. The second-order valence-corrected chi connectivity index (χ2v) is 4.92. The summed E-state index contributed by atoms with van der Waals surface area (Å²) in [6.45, 7) is 0.405. The monoisotopic (exact) mass is 345 g/mol. The fourth-order valence-electron chi connectivity index (χ4n) is 1.73. The van der Waals surface area contributed by atoms with E-state index in [0.29, 0.717) is 22.2 Å². The lowest BCUT2D eigenvalue weighted by molar-refractivity contribution is 0.253. The number of halogens is 1. The molecule has 0 atom stereocenters. The Morgan fingerprint density at radius 1 is 1.33 bits per heavy atom. The number of nitrogens with zero attached hydrogens (tertiary/aromatic N) is 1. The van der Waals surface area contributed by atoms with Crippen LogP contribution in [-0.4, -0.2) is 31.3 Å². The number of nitrogens with one attached hydrogen (secondary N) is 2. The molecule has 1 heterocycles. The van der Waals surface area contributed by atoms with Gasteiger partial charge in [-0.05, 0) is 30.3 Å². The Labute approximate surface area is 145 Å². The SMILES string of the molecule is COc1ccc(Cl)cc1NC(=O)NCC#CCOc1cccnc1. The molecule has 6 nitrogen and oxygen atoms in total. The lowest BCUT2D eigenvalue weighted by Crippen LogP contribution is -2.29. The van der Waals surface area contributed by atoms with E-state index in [1.807, 2.05) is 0 Å². The number of amides is 2. The summed E-state index contributed by atoms with van der Waals surface area (Å²) >= 11 is 5.90. The second-order valence-electron chi connectivity index (χ2n) is 4.48. The summed E-state index contributed by atoms with van der Waals surface area (Å²) in [6.07, 6.45) is 3.27. The number of aromatic nitrogens is 1. The minimum atomic E-state index is -0.405. The lowest BCUT2D eigenvalue weighted by Gasteiger charge is -2.10. The van der Waals surface area contributed by atoms with Gasteiger partial charge in [0, 0.05) is 11.2 Å². The zero-order valence-corrected chi connectivity index (χ0v) is 13.8. The number of urea groups is 1. The van der Waals surface area contributed by atoms with Crippen molar-refractivity contribution in [3.8, 4) is 23.3 Å². The van der Waals surface area contributed by atoms with E-state index in [-0.39, 0.29) is 13.2 Å². The Morgan fingerprint density at radius 3 is 2.96 bits per heavy atom. The normalized spacial score (nSPS) is 9.42. The number of pyridine rings is 1. The number of methoxy groups -OCH3 is 1. The van der Waals surface area contributed by atoms with E-state index in [0.717, 1.165) is 0 Å². The standard InChI is InChI=1S/C17H16ClN3O3/c1-23-16-7-6-13(18)11-15(16)21-17(22)20-9-2-3-10-24-14-5-4-8-19-12-14/h4-8,11-12H,9-10H2,1H3,(H2,20,21,22). The first-order valence-electron chi connectivity index (χ1n) is 7.06. The summed E-state index contributed by atoms with van der Waals surface area (Å²) < 4.78 is 10.5. The number of carbonyl (C=O) groups is 1. The fraction of sp³-hybridized carbons (Fsp3) is 0.176. The maximum Gasteiger partial charge on any atom is 0.320 e. The molecule has 0 fully saturated rings. The number of rotatable bonds is 5. The smallest absolute Gasteiger partial charge is 0.320 e. The van der Waals surface area contributed by atoms with Crippen molar-refractivity contribution in [3.05, 3.63) is 47.7 Å². The largest absolute Gasteiger partial charge is 0.495 e. The molecule has 0 unspecified atom stereocenters. The minimum absolute atomic E-state index is 0.186. The summed E-state index contributed by atoms with van der Waals surface area (Å²) in [5.74, 6) is 6.75. The van der Waals surface area contributed by atoms with Crippen molar-refractivity contribution in [1.82, 2.24) is 10.3 Å². The van der Waals surface area contributed by atoms with Gasteiger partial charge in [-0.25, -0.2) is 4.79 Å². The predicted octanol–water partition coefficient (Wildman–Crippen LogP) is 2.95. The Kier molecular flexibility index (Phi) is 6.74. The van der Waals surface area contributed by atoms with E-state index in [2.05, 4.69) is 27.5 Å². The zero-order chi connectivity index (χ0) is 17.2. The van der Waals surface area contributed by atoms with Gasteiger partial charge in [0.2, 0.25) is 0 Å². The van der Waals surface area contributed by atoms with Gasteiger partial charge in [0.05, 0.1) is 25.5 Å². The van der Waals surface area contributed by atoms with Gasteiger partial charge in [-0.3, -0.25) is 4.98 Å². The molecular formula is C17H16ClN3O3. The molecule has 0 spiro atoms. The van der Waals surface area contributed by atoms with Gasteiger partial charge >= 0.3 is 6.03 Å². The van der Waals surface area contributed by atoms with Crippen molar-refractivity contribution in [2.45, 2.75) is 0 Å². The molecule has 2 N–H and O–H groups in total. The summed E-state index contributed by atoms with van der Waals surface area (Å²) in [6, 6.07) is 8.12. The number of benzene rings is 1. The first-order chi connectivity index (χ1) is 11.7. The van der Waals surface area contributed by atoms with Crippen LogP contribution >= 0.6 is 11.6 Å². The molecule has 0 saturated heterocycles. The van der Waals surface area contributed by atoms with Gasteiger partial charge in [0.1, 0.15) is 18.1 Å². The van der Waals surface area contributed by atoms with Crippen LogP contribution in [0.15, 0.2) is 42.7 Å². The van der Waals surface area contributed by atoms with Crippen LogP contribution in [-0.2, 0) is 0 Å². The van der Waals surface area contributed by atoms with E-state index in [1.165, 1.54) is 7.11 Å². The number of carbonyl (C=O) groups excluding carboxylic acids is 1. The molecular weight excluding hydrogens is 330 g/mol. The highest BCUT2D eigenvalue weighted by molar-refractivity contribution is 6.31. The van der Waals surface area contributed by atoms with Crippen LogP contribution in [0.3, 0.4) is 0 Å². The van der Waals surface area contributed by atoms with Crippen molar-refractivity contribution in [1.29, 1.82) is 0 Å². The molecule has 2 amide bonds. The molecule has 124 valence electrons. The molecule has 24 heavy (non-hydrogen) atoms. The van der Waals surface area contributed by atoms with Crippen molar-refractivity contribution in [3.63, 3.8) is 0 Å². The fourth-order valence-corrected chi connectivity index (χ4v) is 1.91. The van der Waals surface area contributed by atoms with Crippen LogP contribution in [0.25, 0.3) is 0 Å². The molecule has 0 bridgehead atoms. The highest BCUT2D eigenvalue weighted by atomic mass is 35.5. The van der Waals surface area contributed by atoms with Gasteiger partial charge in [-0.2, -0.15) is 0 Å². The summed E-state index contributed by atoms with van der Waals surface area (Å²) in [5, 5.41) is 5.76. The third-order valence-electron chi connectivity index (χ3n) is 2.82. The number of hydrogen-bond donors (Lipinski definition) is 2. The summed E-state index contributed by atoms with van der Waals surface area (Å²) in [7, 11) is 1.51. The molecule has 0 radical (unpaired) electrons. The van der Waals surface area contributed by atoms with E-state index in [1.54, 1.807) is 42.7 Å². The molecule has 0 aliphatic heterocycles. The summed E-state index contributed by atoms with van der Waals surface area (Å²) in [5.41, 5.74) is 0.482. The molecule has 0 aliphatic carbocycles. The Hall–Kier alpha value is -2.91. The van der Waals surface area contributed by atoms with Gasteiger partial charge in [0.25, 0.3) is 0 Å². The zero-order valence-electron chi connectivity index (χ0n) is 13.0. The molecule has 0 aliphatic rings. The number of anilines is 1. The Balaban J connectivity index is 1.74. The first-order valence-corrected chi connectivity index (χ1v) is 7.44. The molecule has 1 aromatic heterocycles. The average molecular weight is 346 g/mol. The van der Waals surface area contributed by atoms with E-state index < -0.39 is 6.03 Å². The molecule has 0 saturated carbocycles. The van der Waals surface area contributed by atoms with Gasteiger partial charge < -0.3 is 20.1 Å². The maximum absolute atomic E-state index is 11.8. The molecule has 2 aromatic rings. The quantitative estimate of drug-likeness (QED) is 0.817. The third-order valence-corrected chi connectivity index (χ3v) is 3.05. The van der Waals surface area contributed by atoms with Gasteiger partial charge in [-0.15, -0.1) is 0 Å². The highest BCUT2D eigenvalue weighted by Gasteiger charge is 2.07. The van der Waals surface area contributed by atoms with Gasteiger partial charge in [-0.1, -0.05) is 23.4 Å². The topological polar surface area (TPSA) is 72.5 Å².